The van der Waals surface area contributed by atoms with E-state index >= 15 is 0 Å². The molecule has 0 radical (unpaired) electrons. The summed E-state index contributed by atoms with van der Waals surface area (Å²) in [5, 5.41) is 5.51. The summed E-state index contributed by atoms with van der Waals surface area (Å²) in [6.07, 6.45) is 0. The number of aromatic nitrogens is 1. The summed E-state index contributed by atoms with van der Waals surface area (Å²) in [7, 11) is 1.59. The molecular weight excluding hydrogens is 220 g/mol. The van der Waals surface area contributed by atoms with Crippen LogP contribution in [0.2, 0.25) is 0 Å². The molecular formula is C11H18N4O2. The number of anilines is 2. The number of carbonyl (C=O) groups excluding carboxylic acids is 1. The number of likely N-dealkylation sites (N-methyl/N-ethyl adjacent to an activating group) is 1. The van der Waals surface area contributed by atoms with Gasteiger partial charge < -0.3 is 21.1 Å². The minimum Gasteiger partial charge on any atom is -0.476 e. The Morgan fingerprint density at radius 1 is 1.59 bits per heavy atom. The van der Waals surface area contributed by atoms with Gasteiger partial charge in [0.1, 0.15) is 11.9 Å². The van der Waals surface area contributed by atoms with E-state index in [0.29, 0.717) is 24.0 Å². The highest BCUT2D eigenvalue weighted by Crippen LogP contribution is 2.21. The fraction of sp³-hybridized carbons (Fsp3) is 0.455. The van der Waals surface area contributed by atoms with Gasteiger partial charge in [0.25, 0.3) is 0 Å². The summed E-state index contributed by atoms with van der Waals surface area (Å²) in [5.41, 5.74) is 6.17. The van der Waals surface area contributed by atoms with Crippen LogP contribution in [0.4, 0.5) is 11.5 Å². The van der Waals surface area contributed by atoms with Gasteiger partial charge in [-0.25, -0.2) is 0 Å². The zero-order valence-corrected chi connectivity index (χ0v) is 10.3. The molecule has 0 aliphatic carbocycles. The van der Waals surface area contributed by atoms with Gasteiger partial charge in [0, 0.05) is 7.05 Å². The van der Waals surface area contributed by atoms with Crippen LogP contribution in [0, 0.1) is 0 Å². The van der Waals surface area contributed by atoms with Gasteiger partial charge in [-0.05, 0) is 26.0 Å². The number of hydrogen-bond donors (Lipinski definition) is 3. The molecule has 0 aliphatic heterocycles. The standard InChI is InChI=1S/C11H18N4O2/c1-4-17-11-8(12)5-6-9(15-11)14-7(2)10(16)13-3/h5-7H,4,12H2,1-3H3,(H,13,16)(H,14,15). The first-order valence-corrected chi connectivity index (χ1v) is 5.46. The Balaban J connectivity index is 2.78. The molecule has 1 rings (SSSR count). The molecule has 1 aromatic heterocycles. The van der Waals surface area contributed by atoms with Crippen molar-refractivity contribution >= 4 is 17.4 Å². The number of nitrogens with two attached hydrogens (primary N) is 1. The summed E-state index contributed by atoms with van der Waals surface area (Å²) in [5.74, 6) is 0.821. The van der Waals surface area contributed by atoms with Crippen LogP contribution in [0.5, 0.6) is 5.88 Å². The Morgan fingerprint density at radius 3 is 2.88 bits per heavy atom. The van der Waals surface area contributed by atoms with Crippen LogP contribution in [0.25, 0.3) is 0 Å². The van der Waals surface area contributed by atoms with Crippen LogP contribution in [0.3, 0.4) is 0 Å². The maximum atomic E-state index is 11.3. The van der Waals surface area contributed by atoms with Crippen molar-refractivity contribution in [3.63, 3.8) is 0 Å². The second-order valence-corrected chi connectivity index (χ2v) is 3.50. The van der Waals surface area contributed by atoms with Gasteiger partial charge in [-0.1, -0.05) is 0 Å². The minimum absolute atomic E-state index is 0.110. The molecule has 1 aromatic rings. The lowest BCUT2D eigenvalue weighted by Gasteiger charge is -2.14. The van der Waals surface area contributed by atoms with Gasteiger partial charge in [-0.15, -0.1) is 0 Å². The van der Waals surface area contributed by atoms with Crippen molar-refractivity contribution in [3.8, 4) is 5.88 Å². The summed E-state index contributed by atoms with van der Waals surface area (Å²) < 4.78 is 5.27. The normalized spacial score (nSPS) is 11.7. The molecule has 0 fully saturated rings. The average Bonchev–Trinajstić information content (AvgIpc) is 2.32. The van der Waals surface area contributed by atoms with E-state index in [2.05, 4.69) is 15.6 Å². The number of amides is 1. The molecule has 6 nitrogen and oxygen atoms in total. The molecule has 0 spiro atoms. The molecule has 1 amide bonds. The first-order valence-electron chi connectivity index (χ1n) is 5.46. The van der Waals surface area contributed by atoms with E-state index in [4.69, 9.17) is 10.5 Å². The van der Waals surface area contributed by atoms with Gasteiger partial charge in [0.05, 0.1) is 12.3 Å². The third-order valence-electron chi connectivity index (χ3n) is 2.17. The van der Waals surface area contributed by atoms with Crippen LogP contribution in [-0.4, -0.2) is 30.6 Å². The van der Waals surface area contributed by atoms with E-state index in [-0.39, 0.29) is 11.9 Å². The second kappa shape index (κ2) is 5.93. The lowest BCUT2D eigenvalue weighted by atomic mass is 10.3. The predicted octanol–water partition coefficient (Wildman–Crippen LogP) is 0.609. The number of carbonyl (C=O) groups is 1. The largest absolute Gasteiger partial charge is 0.476 e. The van der Waals surface area contributed by atoms with Crippen molar-refractivity contribution in [1.82, 2.24) is 10.3 Å². The van der Waals surface area contributed by atoms with Gasteiger partial charge in [-0.2, -0.15) is 4.98 Å². The third kappa shape index (κ3) is 3.51. The van der Waals surface area contributed by atoms with Crippen LogP contribution < -0.4 is 21.1 Å². The summed E-state index contributed by atoms with van der Waals surface area (Å²) in [6, 6.07) is 3.03. The molecule has 1 heterocycles. The highest BCUT2D eigenvalue weighted by Gasteiger charge is 2.12. The monoisotopic (exact) mass is 238 g/mol. The van der Waals surface area contributed by atoms with Crippen molar-refractivity contribution < 1.29 is 9.53 Å². The van der Waals surface area contributed by atoms with E-state index in [1.807, 2.05) is 6.92 Å². The highest BCUT2D eigenvalue weighted by molar-refractivity contribution is 5.83. The second-order valence-electron chi connectivity index (χ2n) is 3.50. The van der Waals surface area contributed by atoms with Crippen LogP contribution in [-0.2, 0) is 4.79 Å². The van der Waals surface area contributed by atoms with E-state index in [1.54, 1.807) is 26.1 Å². The van der Waals surface area contributed by atoms with E-state index < -0.39 is 0 Å². The molecule has 0 aromatic carbocycles. The SMILES string of the molecule is CCOc1nc(NC(C)C(=O)NC)ccc1N. The van der Waals surface area contributed by atoms with Crippen LogP contribution in [0.15, 0.2) is 12.1 Å². The molecule has 0 saturated carbocycles. The maximum absolute atomic E-state index is 11.3. The van der Waals surface area contributed by atoms with Crippen molar-refractivity contribution in [1.29, 1.82) is 0 Å². The topological polar surface area (TPSA) is 89.3 Å². The molecule has 17 heavy (non-hydrogen) atoms. The lowest BCUT2D eigenvalue weighted by Crippen LogP contribution is -2.35. The van der Waals surface area contributed by atoms with Crippen LogP contribution >= 0.6 is 0 Å². The Labute approximate surface area is 101 Å². The molecule has 1 atom stereocenters. The molecule has 4 N–H and O–H groups in total. The molecule has 6 heteroatoms. The number of rotatable bonds is 5. The predicted molar refractivity (Wildman–Crippen MR) is 67.0 cm³/mol. The van der Waals surface area contributed by atoms with Gasteiger partial charge in [0.15, 0.2) is 0 Å². The molecule has 1 unspecified atom stereocenters. The lowest BCUT2D eigenvalue weighted by molar-refractivity contribution is -0.121. The number of hydrogen-bond acceptors (Lipinski definition) is 5. The first-order chi connectivity index (χ1) is 8.08. The zero-order chi connectivity index (χ0) is 12.8. The van der Waals surface area contributed by atoms with Crippen molar-refractivity contribution in [2.24, 2.45) is 0 Å². The fourth-order valence-electron chi connectivity index (χ4n) is 1.29. The van der Waals surface area contributed by atoms with Gasteiger partial charge in [0.2, 0.25) is 11.8 Å². The van der Waals surface area contributed by atoms with Crippen molar-refractivity contribution in [2.45, 2.75) is 19.9 Å². The van der Waals surface area contributed by atoms with Crippen molar-refractivity contribution in [2.75, 3.05) is 24.7 Å². The Kier molecular flexibility index (Phi) is 4.56. The maximum Gasteiger partial charge on any atom is 0.241 e. The third-order valence-corrected chi connectivity index (χ3v) is 2.17. The number of nitrogens with one attached hydrogen (secondary N) is 2. The minimum atomic E-state index is -0.370. The molecule has 0 bridgehead atoms. The fourth-order valence-corrected chi connectivity index (χ4v) is 1.29. The Hall–Kier alpha value is -1.98. The van der Waals surface area contributed by atoms with E-state index in [0.717, 1.165) is 0 Å². The average molecular weight is 238 g/mol. The Morgan fingerprint density at radius 2 is 2.29 bits per heavy atom. The number of nitrogens with zero attached hydrogens (tertiary/aromatic N) is 1. The highest BCUT2D eigenvalue weighted by atomic mass is 16.5. The van der Waals surface area contributed by atoms with Gasteiger partial charge >= 0.3 is 0 Å². The number of ether oxygens (including phenoxy) is 1. The smallest absolute Gasteiger partial charge is 0.241 e. The summed E-state index contributed by atoms with van der Waals surface area (Å²) in [6.45, 7) is 4.09. The quantitative estimate of drug-likeness (QED) is 0.699. The number of nitrogen functional groups attached to an aromatic ring is 1. The Bertz CT molecular complexity index is 395. The first kappa shape index (κ1) is 13.1. The molecule has 0 aliphatic rings. The van der Waals surface area contributed by atoms with Crippen molar-refractivity contribution in [3.05, 3.63) is 12.1 Å². The zero-order valence-electron chi connectivity index (χ0n) is 10.3. The summed E-state index contributed by atoms with van der Waals surface area (Å²) in [4.78, 5) is 15.5. The molecule has 0 saturated heterocycles. The number of pyridine rings is 1. The van der Waals surface area contributed by atoms with Crippen LogP contribution in [0.1, 0.15) is 13.8 Å². The van der Waals surface area contributed by atoms with Gasteiger partial charge in [-0.3, -0.25) is 4.79 Å². The molecule has 94 valence electrons. The van der Waals surface area contributed by atoms with E-state index in [9.17, 15) is 4.79 Å². The van der Waals surface area contributed by atoms with E-state index in [1.165, 1.54) is 0 Å². The summed E-state index contributed by atoms with van der Waals surface area (Å²) >= 11 is 0.